The zero-order valence-corrected chi connectivity index (χ0v) is 17.6. The van der Waals surface area contributed by atoms with E-state index in [1.165, 1.54) is 24.3 Å². The van der Waals surface area contributed by atoms with Gasteiger partial charge in [-0.2, -0.15) is 0 Å². The number of sulfonamides is 1. The second-order valence-corrected chi connectivity index (χ2v) is 8.98. The number of nitrogens with one attached hydrogen (secondary N) is 3. The van der Waals surface area contributed by atoms with Crippen LogP contribution in [0.4, 0.5) is 5.69 Å². The second-order valence-electron chi connectivity index (χ2n) is 6.92. The summed E-state index contributed by atoms with van der Waals surface area (Å²) in [4.78, 5) is 27.8. The molecule has 3 aromatic carbocycles. The second kappa shape index (κ2) is 7.60. The molecule has 0 aliphatic rings. The Labute approximate surface area is 181 Å². The lowest BCUT2D eigenvalue weighted by Gasteiger charge is -2.13. The number of aromatic hydroxyl groups is 1. The Morgan fingerprint density at radius 1 is 0.935 bits per heavy atom. The molecule has 8 nitrogen and oxygen atoms in total. The molecule has 0 saturated heterocycles. The lowest BCUT2D eigenvalue weighted by Crippen LogP contribution is -2.29. The van der Waals surface area contributed by atoms with E-state index in [0.717, 1.165) is 0 Å². The van der Waals surface area contributed by atoms with E-state index < -0.39 is 21.1 Å². The normalized spacial score (nSPS) is 11.5. The van der Waals surface area contributed by atoms with E-state index >= 15 is 0 Å². The number of aryl methyl sites for hydroxylation is 1. The molecule has 0 amide bonds. The number of halogens is 1. The first-order valence-electron chi connectivity index (χ1n) is 9.03. The van der Waals surface area contributed by atoms with Crippen molar-refractivity contribution < 1.29 is 13.5 Å². The predicted octanol–water partition coefficient (Wildman–Crippen LogP) is 3.35. The molecule has 4 N–H and O–H groups in total. The van der Waals surface area contributed by atoms with Crippen molar-refractivity contribution in [3.8, 4) is 16.9 Å². The highest BCUT2D eigenvalue weighted by Gasteiger charge is 2.19. The average Bonchev–Trinajstić information content (AvgIpc) is 2.68. The zero-order chi connectivity index (χ0) is 22.3. The van der Waals surface area contributed by atoms with E-state index in [1.54, 1.807) is 37.3 Å². The van der Waals surface area contributed by atoms with Crippen molar-refractivity contribution in [1.29, 1.82) is 0 Å². The summed E-state index contributed by atoms with van der Waals surface area (Å²) >= 11 is 6.34. The fourth-order valence-electron chi connectivity index (χ4n) is 3.24. The highest BCUT2D eigenvalue weighted by molar-refractivity contribution is 7.92. The number of fused-ring (bicyclic) bond motifs is 1. The average molecular weight is 458 g/mol. The Bertz CT molecular complexity index is 1560. The van der Waals surface area contributed by atoms with Gasteiger partial charge in [0.25, 0.3) is 10.0 Å². The van der Waals surface area contributed by atoms with Crippen molar-refractivity contribution >= 4 is 38.3 Å². The molecular weight excluding hydrogens is 442 g/mol. The van der Waals surface area contributed by atoms with Gasteiger partial charge in [0.1, 0.15) is 5.75 Å². The fraction of sp³-hybridized carbons (Fsp3) is 0.0476. The maximum Gasteiger partial charge on any atom is 0.314 e. The van der Waals surface area contributed by atoms with Crippen molar-refractivity contribution in [1.82, 2.24) is 9.97 Å². The molecule has 4 aromatic rings. The summed E-state index contributed by atoms with van der Waals surface area (Å²) in [5, 5.41) is 9.95. The number of H-pyrrole nitrogens is 2. The van der Waals surface area contributed by atoms with E-state index in [9.17, 15) is 23.1 Å². The number of phenolic OH excluding ortho intramolecular Hbond substituents is 1. The predicted molar refractivity (Wildman–Crippen MR) is 119 cm³/mol. The van der Waals surface area contributed by atoms with Gasteiger partial charge in [-0.05, 0) is 54.4 Å². The van der Waals surface area contributed by atoms with Gasteiger partial charge in [-0.1, -0.05) is 29.8 Å². The first kappa shape index (κ1) is 20.7. The van der Waals surface area contributed by atoms with E-state index in [1.807, 2.05) is 0 Å². The van der Waals surface area contributed by atoms with Crippen molar-refractivity contribution in [2.45, 2.75) is 11.8 Å². The largest absolute Gasteiger partial charge is 0.508 e. The van der Waals surface area contributed by atoms with Crippen molar-refractivity contribution in [2.75, 3.05) is 4.72 Å². The topological polar surface area (TPSA) is 132 Å². The minimum absolute atomic E-state index is 0.0594. The number of rotatable bonds is 4. The summed E-state index contributed by atoms with van der Waals surface area (Å²) in [6.45, 7) is 1.58. The van der Waals surface area contributed by atoms with Gasteiger partial charge in [-0.3, -0.25) is 14.3 Å². The minimum atomic E-state index is -4.02. The van der Waals surface area contributed by atoms with Crippen LogP contribution in [0.15, 0.2) is 69.1 Å². The smallest absolute Gasteiger partial charge is 0.314 e. The van der Waals surface area contributed by atoms with Gasteiger partial charge >= 0.3 is 11.1 Å². The monoisotopic (exact) mass is 457 g/mol. The summed E-state index contributed by atoms with van der Waals surface area (Å²) in [7, 11) is -4.02. The van der Waals surface area contributed by atoms with E-state index in [2.05, 4.69) is 14.7 Å². The number of hydrogen-bond donors (Lipinski definition) is 4. The van der Waals surface area contributed by atoms with Crippen molar-refractivity contribution in [2.24, 2.45) is 0 Å². The molecule has 0 fully saturated rings. The van der Waals surface area contributed by atoms with Gasteiger partial charge in [-0.25, -0.2) is 8.42 Å². The molecule has 158 valence electrons. The Hall–Kier alpha value is -3.56. The number of anilines is 1. The van der Waals surface area contributed by atoms with Crippen LogP contribution in [-0.2, 0) is 10.0 Å². The van der Waals surface area contributed by atoms with Gasteiger partial charge in [-0.15, -0.1) is 0 Å². The summed E-state index contributed by atoms with van der Waals surface area (Å²) in [5.41, 5.74) is 0.747. The van der Waals surface area contributed by atoms with E-state index in [-0.39, 0.29) is 21.8 Å². The van der Waals surface area contributed by atoms with Crippen LogP contribution in [0, 0.1) is 6.92 Å². The number of benzene rings is 3. The molecule has 0 aliphatic carbocycles. The maximum absolute atomic E-state index is 13.0. The summed E-state index contributed by atoms with van der Waals surface area (Å²) < 4.78 is 28.4. The number of aromatic amines is 2. The third kappa shape index (κ3) is 4.05. The molecular formula is C21H16ClN3O5S. The van der Waals surface area contributed by atoms with Crippen LogP contribution in [0.1, 0.15) is 5.56 Å². The van der Waals surface area contributed by atoms with Crippen LogP contribution in [0.2, 0.25) is 5.02 Å². The molecule has 1 heterocycles. The molecule has 0 bridgehead atoms. The summed E-state index contributed by atoms with van der Waals surface area (Å²) in [5.74, 6) is 0.0875. The maximum atomic E-state index is 13.0. The van der Waals surface area contributed by atoms with Crippen LogP contribution < -0.4 is 15.8 Å². The van der Waals surface area contributed by atoms with Crippen LogP contribution >= 0.6 is 11.6 Å². The van der Waals surface area contributed by atoms with E-state index in [4.69, 9.17) is 11.6 Å². The lowest BCUT2D eigenvalue weighted by atomic mass is 10.1. The first-order valence-corrected chi connectivity index (χ1v) is 10.9. The molecule has 0 saturated carbocycles. The highest BCUT2D eigenvalue weighted by Crippen LogP contribution is 2.33. The molecule has 0 spiro atoms. The Kier molecular flexibility index (Phi) is 5.08. The summed E-state index contributed by atoms with van der Waals surface area (Å²) in [6, 6.07) is 14.0. The van der Waals surface area contributed by atoms with Gasteiger partial charge in [0.05, 0.1) is 26.6 Å². The number of hydrogen-bond acceptors (Lipinski definition) is 5. The zero-order valence-electron chi connectivity index (χ0n) is 16.1. The quantitative estimate of drug-likeness (QED) is 0.349. The molecule has 0 aliphatic heterocycles. The third-order valence-corrected chi connectivity index (χ3v) is 6.52. The number of aromatic nitrogens is 2. The van der Waals surface area contributed by atoms with Crippen LogP contribution in [-0.4, -0.2) is 23.5 Å². The molecule has 0 radical (unpaired) electrons. The molecule has 10 heteroatoms. The van der Waals surface area contributed by atoms with Gasteiger partial charge < -0.3 is 15.1 Å². The molecule has 31 heavy (non-hydrogen) atoms. The van der Waals surface area contributed by atoms with Crippen LogP contribution in [0.5, 0.6) is 5.75 Å². The Balaban J connectivity index is 1.71. The van der Waals surface area contributed by atoms with Crippen LogP contribution in [0.3, 0.4) is 0 Å². The minimum Gasteiger partial charge on any atom is -0.508 e. The third-order valence-electron chi connectivity index (χ3n) is 4.69. The fourth-order valence-corrected chi connectivity index (χ4v) is 4.83. The van der Waals surface area contributed by atoms with Gasteiger partial charge in [0.15, 0.2) is 0 Å². The standard InChI is InChI=1S/C21H16ClN3O5S/c1-11-7-17-18(24-21(28)20(27)23-17)10-19(11)31(29,30)25-13-5-6-15(16(22)9-13)12-3-2-4-14(26)8-12/h2-10,25-26H,1H3,(H,23,27)(H,24,28). The lowest BCUT2D eigenvalue weighted by molar-refractivity contribution is 0.475. The molecule has 0 atom stereocenters. The highest BCUT2D eigenvalue weighted by atomic mass is 35.5. The van der Waals surface area contributed by atoms with Crippen molar-refractivity contribution in [3.05, 3.63) is 85.9 Å². The van der Waals surface area contributed by atoms with Gasteiger partial charge in [0.2, 0.25) is 0 Å². The Morgan fingerprint density at radius 3 is 2.26 bits per heavy atom. The van der Waals surface area contributed by atoms with Crippen molar-refractivity contribution in [3.63, 3.8) is 0 Å². The molecule has 1 aromatic heterocycles. The first-order chi connectivity index (χ1) is 14.6. The molecule has 4 rings (SSSR count). The summed E-state index contributed by atoms with van der Waals surface area (Å²) in [6.07, 6.45) is 0. The Morgan fingerprint density at radius 2 is 1.61 bits per heavy atom. The SMILES string of the molecule is Cc1cc2[nH]c(=O)c(=O)[nH]c2cc1S(=O)(=O)Nc1ccc(-c2cccc(O)c2)c(Cl)c1. The molecule has 0 unspecified atom stereocenters. The van der Waals surface area contributed by atoms with E-state index in [0.29, 0.717) is 27.2 Å². The number of phenols is 1. The van der Waals surface area contributed by atoms with Crippen LogP contribution in [0.25, 0.3) is 22.2 Å². The van der Waals surface area contributed by atoms with Gasteiger partial charge in [0, 0.05) is 5.56 Å².